The molecule has 0 radical (unpaired) electrons. The normalized spacial score (nSPS) is 11.6. The third kappa shape index (κ3) is 4.92. The second-order valence-corrected chi connectivity index (χ2v) is 5.52. The monoisotopic (exact) mass is 375 g/mol. The fourth-order valence-corrected chi connectivity index (χ4v) is 2.21. The number of carbonyl (C=O) groups is 1. The molecule has 0 aliphatic rings. The van der Waals surface area contributed by atoms with Gasteiger partial charge in [-0.05, 0) is 42.3 Å². The van der Waals surface area contributed by atoms with Gasteiger partial charge in [-0.1, -0.05) is 18.2 Å². The molecule has 27 heavy (non-hydrogen) atoms. The van der Waals surface area contributed by atoms with Crippen LogP contribution in [0.25, 0.3) is 6.08 Å². The molecule has 0 fully saturated rings. The third-order valence-electron chi connectivity index (χ3n) is 3.49. The predicted molar refractivity (Wildman–Crippen MR) is 91.5 cm³/mol. The van der Waals surface area contributed by atoms with Gasteiger partial charge in [-0.2, -0.15) is 18.4 Å². The quantitative estimate of drug-likeness (QED) is 0.369. The molecule has 0 saturated heterocycles. The average molecular weight is 375 g/mol. The van der Waals surface area contributed by atoms with Gasteiger partial charge in [-0.25, -0.2) is 0 Å². The lowest BCUT2D eigenvalue weighted by molar-refractivity contribution is -0.384. The zero-order valence-corrected chi connectivity index (χ0v) is 13.9. The molecule has 0 heterocycles. The summed E-state index contributed by atoms with van der Waals surface area (Å²) in [7, 11) is 0. The number of carbonyl (C=O) groups excluding carboxylic acids is 1. The number of nitro groups is 1. The van der Waals surface area contributed by atoms with Crippen molar-refractivity contribution >= 4 is 23.4 Å². The highest BCUT2D eigenvalue weighted by atomic mass is 19.4. The summed E-state index contributed by atoms with van der Waals surface area (Å²) < 4.78 is 38.3. The number of alkyl halides is 3. The number of aryl methyl sites for hydroxylation is 1. The lowest BCUT2D eigenvalue weighted by atomic mass is 10.1. The van der Waals surface area contributed by atoms with Crippen molar-refractivity contribution in [3.05, 3.63) is 74.8 Å². The molecule has 2 aromatic rings. The molecule has 6 nitrogen and oxygen atoms in total. The Morgan fingerprint density at radius 2 is 1.96 bits per heavy atom. The minimum absolute atomic E-state index is 0.00469. The second kappa shape index (κ2) is 7.70. The van der Waals surface area contributed by atoms with Crippen LogP contribution >= 0.6 is 0 Å². The predicted octanol–water partition coefficient (Wildman–Crippen LogP) is 4.47. The van der Waals surface area contributed by atoms with Gasteiger partial charge in [0.25, 0.3) is 11.6 Å². The number of hydrogen-bond donors (Lipinski definition) is 1. The van der Waals surface area contributed by atoms with Crippen molar-refractivity contribution in [1.82, 2.24) is 0 Å². The van der Waals surface area contributed by atoms with E-state index in [-0.39, 0.29) is 16.9 Å². The first kappa shape index (κ1) is 19.7. The van der Waals surface area contributed by atoms with Crippen LogP contribution < -0.4 is 5.32 Å². The smallest absolute Gasteiger partial charge is 0.316 e. The van der Waals surface area contributed by atoms with E-state index in [1.807, 2.05) is 0 Å². The van der Waals surface area contributed by atoms with Crippen LogP contribution in [0.5, 0.6) is 0 Å². The van der Waals surface area contributed by atoms with Crippen LogP contribution in [0.1, 0.15) is 16.7 Å². The van der Waals surface area contributed by atoms with Crippen LogP contribution in [-0.2, 0) is 11.0 Å². The highest BCUT2D eigenvalue weighted by Crippen LogP contribution is 2.30. The van der Waals surface area contributed by atoms with Crippen molar-refractivity contribution in [2.45, 2.75) is 13.1 Å². The van der Waals surface area contributed by atoms with E-state index in [2.05, 4.69) is 5.32 Å². The Bertz CT molecular complexity index is 976. The number of nitro benzene ring substituents is 1. The largest absolute Gasteiger partial charge is 0.416 e. The van der Waals surface area contributed by atoms with E-state index < -0.39 is 28.1 Å². The van der Waals surface area contributed by atoms with Crippen LogP contribution in [0.2, 0.25) is 0 Å². The number of rotatable bonds is 4. The molecule has 0 saturated carbocycles. The van der Waals surface area contributed by atoms with E-state index in [9.17, 15) is 28.1 Å². The number of nitrogens with zero attached hydrogens (tertiary/aromatic N) is 2. The highest BCUT2D eigenvalue weighted by Gasteiger charge is 2.30. The summed E-state index contributed by atoms with van der Waals surface area (Å²) in [5, 5.41) is 22.5. The van der Waals surface area contributed by atoms with Crippen molar-refractivity contribution in [3.8, 4) is 6.07 Å². The molecule has 9 heteroatoms. The minimum atomic E-state index is -4.57. The lowest BCUT2D eigenvalue weighted by Crippen LogP contribution is -2.14. The Kier molecular flexibility index (Phi) is 5.60. The van der Waals surface area contributed by atoms with E-state index in [1.54, 1.807) is 13.0 Å². The minimum Gasteiger partial charge on any atom is -0.316 e. The molecule has 2 aromatic carbocycles. The summed E-state index contributed by atoms with van der Waals surface area (Å²) in [4.78, 5) is 22.6. The molecule has 2 rings (SSSR count). The van der Waals surface area contributed by atoms with Crippen molar-refractivity contribution in [2.24, 2.45) is 0 Å². The summed E-state index contributed by atoms with van der Waals surface area (Å²) in [5.41, 5.74) is -1.32. The first-order valence-electron chi connectivity index (χ1n) is 7.47. The molecular formula is C18H12F3N3O3. The number of anilines is 1. The second-order valence-electron chi connectivity index (χ2n) is 5.52. The van der Waals surface area contributed by atoms with Gasteiger partial charge in [0.1, 0.15) is 17.3 Å². The van der Waals surface area contributed by atoms with Crippen LogP contribution in [0.3, 0.4) is 0 Å². The molecule has 0 unspecified atom stereocenters. The summed E-state index contributed by atoms with van der Waals surface area (Å²) in [6, 6.07) is 9.77. The fourth-order valence-electron chi connectivity index (χ4n) is 2.21. The van der Waals surface area contributed by atoms with E-state index in [4.69, 9.17) is 5.26 Å². The van der Waals surface area contributed by atoms with Crippen molar-refractivity contribution in [2.75, 3.05) is 5.32 Å². The standard InChI is InChI=1S/C18H12F3N3O3/c1-11-5-6-15(16(7-11)24(26)27)23-17(25)13(10-22)8-12-3-2-4-14(9-12)18(19,20)21/h2-9H,1H3,(H,23,25)/b13-8+. The maximum absolute atomic E-state index is 12.8. The molecule has 0 spiro atoms. The third-order valence-corrected chi connectivity index (χ3v) is 3.49. The van der Waals surface area contributed by atoms with Crippen molar-refractivity contribution in [3.63, 3.8) is 0 Å². The molecule has 0 aromatic heterocycles. The number of amides is 1. The fraction of sp³-hybridized carbons (Fsp3) is 0.111. The molecule has 0 atom stereocenters. The maximum Gasteiger partial charge on any atom is 0.416 e. The first-order valence-corrected chi connectivity index (χ1v) is 7.47. The number of benzene rings is 2. The topological polar surface area (TPSA) is 96.0 Å². The summed E-state index contributed by atoms with van der Waals surface area (Å²) in [5.74, 6) is -0.970. The molecule has 0 aliphatic carbocycles. The van der Waals surface area contributed by atoms with Gasteiger partial charge in [-0.15, -0.1) is 0 Å². The van der Waals surface area contributed by atoms with E-state index in [0.717, 1.165) is 24.3 Å². The Hall–Kier alpha value is -3.67. The van der Waals surface area contributed by atoms with E-state index >= 15 is 0 Å². The van der Waals surface area contributed by atoms with Gasteiger partial charge >= 0.3 is 6.18 Å². The van der Waals surface area contributed by atoms with Crippen LogP contribution in [0, 0.1) is 28.4 Å². The Balaban J connectivity index is 2.34. The molecule has 1 amide bonds. The number of halogens is 3. The van der Waals surface area contributed by atoms with Crippen molar-refractivity contribution in [1.29, 1.82) is 5.26 Å². The van der Waals surface area contributed by atoms with Crippen molar-refractivity contribution < 1.29 is 22.9 Å². The summed E-state index contributed by atoms with van der Waals surface area (Å²) in [6.07, 6.45) is -3.59. The first-order chi connectivity index (χ1) is 12.6. The van der Waals surface area contributed by atoms with E-state index in [1.165, 1.54) is 24.3 Å². The van der Waals surface area contributed by atoms with Gasteiger partial charge < -0.3 is 5.32 Å². The summed E-state index contributed by atoms with van der Waals surface area (Å²) in [6.45, 7) is 1.63. The number of nitrogens with one attached hydrogen (secondary N) is 1. The van der Waals surface area contributed by atoms with Crippen LogP contribution in [0.15, 0.2) is 48.0 Å². The van der Waals surface area contributed by atoms with Gasteiger partial charge in [0, 0.05) is 6.07 Å². The Morgan fingerprint density at radius 1 is 1.26 bits per heavy atom. The van der Waals surface area contributed by atoms with Gasteiger partial charge in [0.05, 0.1) is 10.5 Å². The Morgan fingerprint density at radius 3 is 2.56 bits per heavy atom. The lowest BCUT2D eigenvalue weighted by Gasteiger charge is -2.08. The summed E-state index contributed by atoms with van der Waals surface area (Å²) >= 11 is 0. The number of hydrogen-bond acceptors (Lipinski definition) is 4. The SMILES string of the molecule is Cc1ccc(NC(=O)/C(C#N)=C/c2cccc(C(F)(F)F)c2)c([N+](=O)[O-])c1. The van der Waals surface area contributed by atoms with E-state index in [0.29, 0.717) is 5.56 Å². The zero-order valence-electron chi connectivity index (χ0n) is 13.9. The van der Waals surface area contributed by atoms with Gasteiger partial charge in [0.15, 0.2) is 0 Å². The van der Waals surface area contributed by atoms with Crippen LogP contribution in [-0.4, -0.2) is 10.8 Å². The molecule has 1 N–H and O–H groups in total. The average Bonchev–Trinajstić information content (AvgIpc) is 2.60. The Labute approximate surface area is 151 Å². The molecule has 0 aliphatic heterocycles. The highest BCUT2D eigenvalue weighted by molar-refractivity contribution is 6.10. The molecule has 138 valence electrons. The van der Waals surface area contributed by atoms with Gasteiger partial charge in [0.2, 0.25) is 0 Å². The zero-order chi connectivity index (χ0) is 20.2. The molecular weight excluding hydrogens is 363 g/mol. The number of nitriles is 1. The van der Waals surface area contributed by atoms with Gasteiger partial charge in [-0.3, -0.25) is 14.9 Å². The molecule has 0 bridgehead atoms. The van der Waals surface area contributed by atoms with Crippen LogP contribution in [0.4, 0.5) is 24.5 Å². The maximum atomic E-state index is 12.8.